The quantitative estimate of drug-likeness (QED) is 0.284. The van der Waals surface area contributed by atoms with Crippen molar-refractivity contribution in [1.29, 1.82) is 10.5 Å². The molecule has 0 radical (unpaired) electrons. The van der Waals surface area contributed by atoms with Gasteiger partial charge in [-0.2, -0.15) is 10.5 Å². The lowest BCUT2D eigenvalue weighted by molar-refractivity contribution is 1.49. The molecule has 2 aromatic heterocycles. The minimum Gasteiger partial charge on any atom is -0.192 e. The first-order valence-electron chi connectivity index (χ1n) is 8.46. The van der Waals surface area contributed by atoms with Crippen molar-refractivity contribution in [2.45, 2.75) is 0 Å². The molecule has 0 N–H and O–H groups in total. The smallest absolute Gasteiger partial charge is 0.0991 e. The summed E-state index contributed by atoms with van der Waals surface area (Å²) in [7, 11) is 2.47. The summed E-state index contributed by atoms with van der Waals surface area (Å²) in [5.41, 5.74) is 3.78. The number of nitrogens with zero attached hydrogens (tertiary/aromatic N) is 2. The summed E-state index contributed by atoms with van der Waals surface area (Å²) < 4.78 is 5.30. The Morgan fingerprint density at radius 2 is 1.00 bits per heavy atom. The van der Waals surface area contributed by atoms with Gasteiger partial charge >= 0.3 is 0 Å². The van der Waals surface area contributed by atoms with Gasteiger partial charge in [0.1, 0.15) is 0 Å². The van der Waals surface area contributed by atoms with Crippen LogP contribution in [-0.2, 0) is 0 Å². The summed E-state index contributed by atoms with van der Waals surface area (Å²) in [5, 5.41) is 20.7. The molecule has 0 saturated heterocycles. The number of fused-ring (bicyclic) bond motifs is 2. The van der Waals surface area contributed by atoms with E-state index >= 15 is 0 Å². The standard InChI is InChI=1S/C22H10N2P2S2/c23-11-13-1-5-15(6-2-13)21-25-17-9-20-18(10-19(17)27-21)26-22(28-20)16-7-3-14(12-24)4-8-16/h1-10H. The van der Waals surface area contributed by atoms with Crippen LogP contribution in [0.5, 0.6) is 0 Å². The molecule has 0 fully saturated rings. The molecule has 0 saturated carbocycles. The van der Waals surface area contributed by atoms with Crippen molar-refractivity contribution < 1.29 is 0 Å². The number of nitriles is 2. The first-order chi connectivity index (χ1) is 13.7. The molecule has 0 aliphatic carbocycles. The molecule has 0 aliphatic heterocycles. The summed E-state index contributed by atoms with van der Waals surface area (Å²) in [4.78, 5) is 0. The molecule has 28 heavy (non-hydrogen) atoms. The molecule has 0 amide bonds. The molecule has 0 spiro atoms. The molecule has 2 heterocycles. The maximum absolute atomic E-state index is 8.98. The Balaban J connectivity index is 1.56. The largest absolute Gasteiger partial charge is 0.192 e. The van der Waals surface area contributed by atoms with Gasteiger partial charge in [0.2, 0.25) is 0 Å². The average Bonchev–Trinajstić information content (AvgIpc) is 3.35. The third-order valence-electron chi connectivity index (χ3n) is 4.42. The van der Waals surface area contributed by atoms with Gasteiger partial charge in [-0.1, -0.05) is 24.3 Å². The van der Waals surface area contributed by atoms with Gasteiger partial charge in [0.05, 0.1) is 32.5 Å². The summed E-state index contributed by atoms with van der Waals surface area (Å²) in [6.07, 6.45) is 0. The molecule has 130 valence electrons. The van der Waals surface area contributed by atoms with E-state index in [4.69, 9.17) is 10.5 Å². The van der Waals surface area contributed by atoms with Crippen LogP contribution in [0.1, 0.15) is 11.1 Å². The van der Waals surface area contributed by atoms with Crippen molar-refractivity contribution in [3.63, 3.8) is 0 Å². The lowest BCUT2D eigenvalue weighted by atomic mass is 10.2. The van der Waals surface area contributed by atoms with Gasteiger partial charge in [0.25, 0.3) is 0 Å². The van der Waals surface area contributed by atoms with E-state index in [1.807, 2.05) is 71.2 Å². The summed E-state index contributed by atoms with van der Waals surface area (Å²) in [5.74, 6) is 0. The van der Waals surface area contributed by atoms with Crippen molar-refractivity contribution in [3.05, 3.63) is 71.8 Å². The number of benzene rings is 3. The van der Waals surface area contributed by atoms with E-state index in [2.05, 4.69) is 24.3 Å². The van der Waals surface area contributed by atoms with Gasteiger partial charge in [-0.15, -0.1) is 22.7 Å². The van der Waals surface area contributed by atoms with Crippen LogP contribution in [0.3, 0.4) is 0 Å². The Bertz CT molecular complexity index is 1260. The molecule has 5 aromatic rings. The lowest BCUT2D eigenvalue weighted by Gasteiger charge is -1.95. The first kappa shape index (κ1) is 17.5. The van der Waals surface area contributed by atoms with E-state index in [9.17, 15) is 0 Å². The Morgan fingerprint density at radius 1 is 0.607 bits per heavy atom. The molecule has 0 bridgehead atoms. The van der Waals surface area contributed by atoms with Crippen LogP contribution in [0.2, 0.25) is 0 Å². The van der Waals surface area contributed by atoms with E-state index in [1.165, 1.54) is 56.4 Å². The Hall–Kier alpha value is -2.58. The Morgan fingerprint density at radius 3 is 1.36 bits per heavy atom. The van der Waals surface area contributed by atoms with E-state index in [0.717, 1.165) is 0 Å². The molecule has 0 unspecified atom stereocenters. The summed E-state index contributed by atoms with van der Waals surface area (Å²) in [6.45, 7) is 0. The van der Waals surface area contributed by atoms with Crippen LogP contribution in [0, 0.1) is 22.7 Å². The summed E-state index contributed by atoms with van der Waals surface area (Å²) >= 11 is 3.67. The van der Waals surface area contributed by atoms with Crippen LogP contribution < -0.4 is 0 Å². The SMILES string of the molecule is N#Cc1ccc(-c2pc3cc4sc(-c5ccc(C#N)cc5)pc4cc3s2)cc1. The van der Waals surface area contributed by atoms with Crippen LogP contribution in [0.4, 0.5) is 0 Å². The highest BCUT2D eigenvalue weighted by atomic mass is 32.1. The highest BCUT2D eigenvalue weighted by molar-refractivity contribution is 7.56. The number of hydrogen-bond acceptors (Lipinski definition) is 4. The van der Waals surface area contributed by atoms with E-state index in [1.54, 1.807) is 0 Å². The zero-order valence-electron chi connectivity index (χ0n) is 14.4. The van der Waals surface area contributed by atoms with Crippen molar-refractivity contribution in [3.8, 4) is 32.5 Å². The van der Waals surface area contributed by atoms with Gasteiger partial charge in [-0.3, -0.25) is 0 Å². The maximum Gasteiger partial charge on any atom is 0.0991 e. The second-order valence-electron chi connectivity index (χ2n) is 6.20. The van der Waals surface area contributed by atoms with Gasteiger partial charge in [-0.25, -0.2) is 0 Å². The Labute approximate surface area is 173 Å². The van der Waals surface area contributed by atoms with Crippen molar-refractivity contribution in [1.82, 2.24) is 0 Å². The average molecular weight is 428 g/mol. The minimum absolute atomic E-state index is 0.696. The zero-order valence-corrected chi connectivity index (χ0v) is 17.8. The van der Waals surface area contributed by atoms with Crippen molar-refractivity contribution >= 4 is 58.7 Å². The molecular formula is C22H10N2P2S2. The molecule has 0 atom stereocenters. The predicted molar refractivity (Wildman–Crippen MR) is 123 cm³/mol. The second-order valence-corrected chi connectivity index (χ2v) is 11.2. The molecule has 5 rings (SSSR count). The zero-order chi connectivity index (χ0) is 19.1. The van der Waals surface area contributed by atoms with Crippen LogP contribution in [0.25, 0.3) is 40.0 Å². The highest BCUT2D eigenvalue weighted by Gasteiger charge is 2.11. The van der Waals surface area contributed by atoms with Gasteiger partial charge in [0, 0.05) is 19.6 Å². The van der Waals surface area contributed by atoms with Crippen LogP contribution in [0.15, 0.2) is 60.7 Å². The third kappa shape index (κ3) is 3.12. The normalized spacial score (nSPS) is 11.4. The molecule has 3 aromatic carbocycles. The van der Waals surface area contributed by atoms with E-state index < -0.39 is 0 Å². The molecule has 2 nitrogen and oxygen atoms in total. The van der Waals surface area contributed by atoms with E-state index in [-0.39, 0.29) is 0 Å². The van der Waals surface area contributed by atoms with E-state index in [0.29, 0.717) is 11.1 Å². The monoisotopic (exact) mass is 428 g/mol. The fourth-order valence-electron chi connectivity index (χ4n) is 2.97. The second kappa shape index (κ2) is 7.10. The lowest BCUT2D eigenvalue weighted by Crippen LogP contribution is -1.73. The summed E-state index contributed by atoms with van der Waals surface area (Å²) in [6, 6.07) is 24.7. The van der Waals surface area contributed by atoms with Gasteiger partial charge in [0.15, 0.2) is 0 Å². The fraction of sp³-hybridized carbons (Fsp3) is 0. The Kier molecular flexibility index (Phi) is 4.44. The predicted octanol–water partition coefficient (Wildman–Crippen LogP) is 8.35. The number of hydrogen-bond donors (Lipinski definition) is 0. The third-order valence-corrected chi connectivity index (χ3v) is 9.94. The molecule has 0 aliphatic rings. The maximum atomic E-state index is 8.98. The first-order valence-corrected chi connectivity index (χ1v) is 11.9. The highest BCUT2D eigenvalue weighted by Crippen LogP contribution is 2.49. The minimum atomic E-state index is 0.696. The number of rotatable bonds is 2. The van der Waals surface area contributed by atoms with Crippen molar-refractivity contribution in [2.75, 3.05) is 0 Å². The van der Waals surface area contributed by atoms with Crippen LogP contribution in [-0.4, -0.2) is 0 Å². The fourth-order valence-corrected chi connectivity index (χ4v) is 8.57. The van der Waals surface area contributed by atoms with Crippen LogP contribution >= 0.6 is 39.1 Å². The van der Waals surface area contributed by atoms with Gasteiger partial charge in [-0.05, 0) is 63.9 Å². The topological polar surface area (TPSA) is 47.6 Å². The molecular weight excluding hydrogens is 418 g/mol. The van der Waals surface area contributed by atoms with Gasteiger partial charge < -0.3 is 0 Å². The molecule has 6 heteroatoms. The van der Waals surface area contributed by atoms with Crippen molar-refractivity contribution in [2.24, 2.45) is 0 Å².